The van der Waals surface area contributed by atoms with Crippen LogP contribution in [0.4, 0.5) is 0 Å². The highest BCUT2D eigenvalue weighted by Gasteiger charge is 2.08. The first kappa shape index (κ1) is 14.9. The molecule has 0 saturated heterocycles. The average molecular weight is 307 g/mol. The van der Waals surface area contributed by atoms with E-state index in [1.54, 1.807) is 11.8 Å². The van der Waals surface area contributed by atoms with Crippen molar-refractivity contribution in [3.05, 3.63) is 64.7 Å². The Morgan fingerprint density at radius 3 is 2.60 bits per heavy atom. The smallest absolute Gasteiger partial charge is 0.302 e. The van der Waals surface area contributed by atoms with Crippen molar-refractivity contribution >= 4 is 29.3 Å². The number of rotatable bonds is 5. The SMILES string of the molecule is CC(=O)OCc1cccc(SCc2ccccc2)c1Cl. The summed E-state index contributed by atoms with van der Waals surface area (Å²) in [6, 6.07) is 16.0. The molecule has 20 heavy (non-hydrogen) atoms. The molecule has 0 spiro atoms. The lowest BCUT2D eigenvalue weighted by atomic mass is 10.2. The molecule has 0 aromatic heterocycles. The molecule has 4 heteroatoms. The first-order valence-corrected chi connectivity index (χ1v) is 7.60. The summed E-state index contributed by atoms with van der Waals surface area (Å²) in [7, 11) is 0. The average Bonchev–Trinajstić information content (AvgIpc) is 2.46. The van der Waals surface area contributed by atoms with Crippen molar-refractivity contribution < 1.29 is 9.53 Å². The minimum absolute atomic E-state index is 0.216. The zero-order chi connectivity index (χ0) is 14.4. The van der Waals surface area contributed by atoms with E-state index in [1.807, 2.05) is 36.4 Å². The van der Waals surface area contributed by atoms with Gasteiger partial charge < -0.3 is 4.74 Å². The quantitative estimate of drug-likeness (QED) is 0.592. The molecule has 0 aliphatic rings. The van der Waals surface area contributed by atoms with E-state index in [0.29, 0.717) is 5.02 Å². The Kier molecular flexibility index (Phi) is 5.50. The molecule has 0 unspecified atom stereocenters. The molecule has 0 heterocycles. The minimum Gasteiger partial charge on any atom is -0.461 e. The zero-order valence-corrected chi connectivity index (χ0v) is 12.7. The summed E-state index contributed by atoms with van der Waals surface area (Å²) in [6.45, 7) is 1.61. The van der Waals surface area contributed by atoms with Gasteiger partial charge in [0.15, 0.2) is 0 Å². The van der Waals surface area contributed by atoms with Crippen molar-refractivity contribution in [3.8, 4) is 0 Å². The molecule has 2 nitrogen and oxygen atoms in total. The van der Waals surface area contributed by atoms with Crippen LogP contribution in [0.25, 0.3) is 0 Å². The third-order valence-corrected chi connectivity index (χ3v) is 4.40. The van der Waals surface area contributed by atoms with Gasteiger partial charge in [-0.05, 0) is 11.6 Å². The number of ether oxygens (including phenoxy) is 1. The summed E-state index contributed by atoms with van der Waals surface area (Å²) in [6.07, 6.45) is 0. The van der Waals surface area contributed by atoms with Crippen molar-refractivity contribution in [2.24, 2.45) is 0 Å². The van der Waals surface area contributed by atoms with E-state index in [0.717, 1.165) is 16.2 Å². The normalized spacial score (nSPS) is 10.3. The monoisotopic (exact) mass is 306 g/mol. The Balaban J connectivity index is 2.04. The first-order valence-electron chi connectivity index (χ1n) is 6.24. The molecule has 0 aliphatic carbocycles. The van der Waals surface area contributed by atoms with E-state index in [-0.39, 0.29) is 12.6 Å². The number of hydrogen-bond acceptors (Lipinski definition) is 3. The van der Waals surface area contributed by atoms with Crippen LogP contribution < -0.4 is 0 Å². The van der Waals surface area contributed by atoms with Gasteiger partial charge in [0, 0.05) is 23.1 Å². The molecule has 0 radical (unpaired) electrons. The topological polar surface area (TPSA) is 26.3 Å². The Labute approximate surface area is 128 Å². The van der Waals surface area contributed by atoms with E-state index in [4.69, 9.17) is 16.3 Å². The third kappa shape index (κ3) is 4.29. The fourth-order valence-corrected chi connectivity index (χ4v) is 2.99. The lowest BCUT2D eigenvalue weighted by Gasteiger charge is -2.09. The standard InChI is InChI=1S/C16H15ClO2S/c1-12(18)19-10-14-8-5-9-15(16(14)17)20-11-13-6-3-2-4-7-13/h2-9H,10-11H2,1H3. The van der Waals surface area contributed by atoms with Crippen LogP contribution in [0.2, 0.25) is 5.02 Å². The number of halogens is 1. The maximum absolute atomic E-state index is 10.9. The van der Waals surface area contributed by atoms with Gasteiger partial charge in [-0.15, -0.1) is 11.8 Å². The first-order chi connectivity index (χ1) is 9.66. The molecule has 0 N–H and O–H groups in total. The summed E-state index contributed by atoms with van der Waals surface area (Å²) >= 11 is 8.02. The molecule has 0 amide bonds. The summed E-state index contributed by atoms with van der Waals surface area (Å²) in [5, 5.41) is 0.662. The second-order valence-electron chi connectivity index (χ2n) is 4.28. The molecular formula is C16H15ClO2S. The van der Waals surface area contributed by atoms with Gasteiger partial charge in [0.2, 0.25) is 0 Å². The predicted octanol–water partition coefficient (Wildman–Crippen LogP) is 4.70. The van der Waals surface area contributed by atoms with Gasteiger partial charge in [-0.3, -0.25) is 4.79 Å². The highest BCUT2D eigenvalue weighted by atomic mass is 35.5. The van der Waals surface area contributed by atoms with Gasteiger partial charge in [0.25, 0.3) is 0 Å². The number of thioether (sulfide) groups is 1. The summed E-state index contributed by atoms with van der Waals surface area (Å²) in [4.78, 5) is 11.9. The molecule has 0 aliphatic heterocycles. The molecule has 2 aromatic rings. The van der Waals surface area contributed by atoms with Crippen molar-refractivity contribution in [2.75, 3.05) is 0 Å². The molecule has 2 aromatic carbocycles. The van der Waals surface area contributed by atoms with Crippen LogP contribution in [0.1, 0.15) is 18.1 Å². The summed E-state index contributed by atoms with van der Waals surface area (Å²) in [5.41, 5.74) is 2.08. The van der Waals surface area contributed by atoms with Crippen molar-refractivity contribution in [1.29, 1.82) is 0 Å². The van der Waals surface area contributed by atoms with E-state index in [2.05, 4.69) is 12.1 Å². The number of esters is 1. The van der Waals surface area contributed by atoms with Gasteiger partial charge in [-0.1, -0.05) is 54.1 Å². The maximum Gasteiger partial charge on any atom is 0.302 e. The Morgan fingerprint density at radius 1 is 1.15 bits per heavy atom. The van der Waals surface area contributed by atoms with Gasteiger partial charge in [-0.2, -0.15) is 0 Å². The van der Waals surface area contributed by atoms with Crippen LogP contribution >= 0.6 is 23.4 Å². The van der Waals surface area contributed by atoms with Gasteiger partial charge in [-0.25, -0.2) is 0 Å². The fourth-order valence-electron chi connectivity index (χ4n) is 1.69. The van der Waals surface area contributed by atoms with Gasteiger partial charge >= 0.3 is 5.97 Å². The lowest BCUT2D eigenvalue weighted by Crippen LogP contribution is -1.99. The molecule has 104 valence electrons. The van der Waals surface area contributed by atoms with Crippen LogP contribution in [-0.4, -0.2) is 5.97 Å². The summed E-state index contributed by atoms with van der Waals surface area (Å²) < 4.78 is 4.99. The second-order valence-corrected chi connectivity index (χ2v) is 5.68. The number of carbonyl (C=O) groups is 1. The highest BCUT2D eigenvalue weighted by Crippen LogP contribution is 2.32. The highest BCUT2D eigenvalue weighted by molar-refractivity contribution is 7.98. The molecular weight excluding hydrogens is 292 g/mol. The maximum atomic E-state index is 10.9. The molecule has 0 atom stereocenters. The van der Waals surface area contributed by atoms with E-state index < -0.39 is 0 Å². The van der Waals surface area contributed by atoms with E-state index in [1.165, 1.54) is 12.5 Å². The van der Waals surface area contributed by atoms with Crippen molar-refractivity contribution in [3.63, 3.8) is 0 Å². The van der Waals surface area contributed by atoms with Gasteiger partial charge in [0.1, 0.15) is 6.61 Å². The van der Waals surface area contributed by atoms with Crippen molar-refractivity contribution in [1.82, 2.24) is 0 Å². The van der Waals surface area contributed by atoms with Crippen molar-refractivity contribution in [2.45, 2.75) is 24.2 Å². The van der Waals surface area contributed by atoms with Gasteiger partial charge in [0.05, 0.1) is 5.02 Å². The molecule has 0 fully saturated rings. The molecule has 2 rings (SSSR count). The van der Waals surface area contributed by atoms with Crippen LogP contribution in [-0.2, 0) is 21.9 Å². The second kappa shape index (κ2) is 7.36. The minimum atomic E-state index is -0.302. The fraction of sp³-hybridized carbons (Fsp3) is 0.188. The number of hydrogen-bond donors (Lipinski definition) is 0. The molecule has 0 bridgehead atoms. The zero-order valence-electron chi connectivity index (χ0n) is 11.1. The number of benzene rings is 2. The summed E-state index contributed by atoms with van der Waals surface area (Å²) in [5.74, 6) is 0.556. The van der Waals surface area contributed by atoms with E-state index >= 15 is 0 Å². The Morgan fingerprint density at radius 2 is 1.90 bits per heavy atom. The lowest BCUT2D eigenvalue weighted by molar-refractivity contribution is -0.142. The van der Waals surface area contributed by atoms with Crippen LogP contribution in [0.3, 0.4) is 0 Å². The Hall–Kier alpha value is -1.45. The van der Waals surface area contributed by atoms with Crippen LogP contribution in [0.15, 0.2) is 53.4 Å². The largest absolute Gasteiger partial charge is 0.461 e. The van der Waals surface area contributed by atoms with E-state index in [9.17, 15) is 4.79 Å². The van der Waals surface area contributed by atoms with Crippen LogP contribution in [0, 0.1) is 0 Å². The third-order valence-electron chi connectivity index (χ3n) is 2.71. The predicted molar refractivity (Wildman–Crippen MR) is 82.9 cm³/mol. The number of carbonyl (C=O) groups excluding carboxylic acids is 1. The Bertz CT molecular complexity index is 584. The van der Waals surface area contributed by atoms with Crippen LogP contribution in [0.5, 0.6) is 0 Å². The molecule has 0 saturated carbocycles.